The van der Waals surface area contributed by atoms with Crippen molar-refractivity contribution in [2.75, 3.05) is 13.1 Å². The molecule has 12 heavy (non-hydrogen) atoms. The maximum atomic E-state index is 11.6. The van der Waals surface area contributed by atoms with Crippen LogP contribution in [0.1, 0.15) is 25.7 Å². The van der Waals surface area contributed by atoms with Crippen molar-refractivity contribution in [3.05, 3.63) is 12.2 Å². The Morgan fingerprint density at radius 1 is 1.33 bits per heavy atom. The zero-order valence-electron chi connectivity index (χ0n) is 7.33. The Kier molecular flexibility index (Phi) is 2.26. The van der Waals surface area contributed by atoms with Crippen LogP contribution in [-0.4, -0.2) is 29.8 Å². The van der Waals surface area contributed by atoms with Crippen molar-refractivity contribution in [1.29, 1.82) is 0 Å². The fourth-order valence-electron chi connectivity index (χ4n) is 2.12. The van der Waals surface area contributed by atoms with Crippen LogP contribution in [-0.2, 0) is 4.79 Å². The molecule has 0 aliphatic carbocycles. The molecule has 66 valence electrons. The van der Waals surface area contributed by atoms with Crippen LogP contribution in [0.2, 0.25) is 0 Å². The highest BCUT2D eigenvalue weighted by Gasteiger charge is 2.27. The molecule has 2 aliphatic heterocycles. The van der Waals surface area contributed by atoms with Gasteiger partial charge in [-0.15, -0.1) is 0 Å². The van der Waals surface area contributed by atoms with Crippen LogP contribution in [0.15, 0.2) is 12.2 Å². The van der Waals surface area contributed by atoms with Crippen LogP contribution in [0.25, 0.3) is 0 Å². The second-order valence-corrected chi connectivity index (χ2v) is 3.65. The fraction of sp³-hybridized carbons (Fsp3) is 0.700. The highest BCUT2D eigenvalue weighted by molar-refractivity contribution is 5.85. The molecule has 0 spiro atoms. The lowest BCUT2D eigenvalue weighted by Crippen LogP contribution is -2.43. The molecule has 0 amide bonds. The summed E-state index contributed by atoms with van der Waals surface area (Å²) < 4.78 is 0. The summed E-state index contributed by atoms with van der Waals surface area (Å²) in [4.78, 5) is 13.9. The molecule has 2 heterocycles. The molecule has 1 fully saturated rings. The van der Waals surface area contributed by atoms with Crippen LogP contribution in [0, 0.1) is 0 Å². The van der Waals surface area contributed by atoms with Crippen LogP contribution in [0.3, 0.4) is 0 Å². The van der Waals surface area contributed by atoms with Gasteiger partial charge in [0.05, 0.1) is 6.04 Å². The van der Waals surface area contributed by atoms with E-state index in [1.807, 2.05) is 6.08 Å². The van der Waals surface area contributed by atoms with Crippen molar-refractivity contribution in [3.8, 4) is 0 Å². The monoisotopic (exact) mass is 165 g/mol. The van der Waals surface area contributed by atoms with Crippen LogP contribution in [0.5, 0.6) is 0 Å². The van der Waals surface area contributed by atoms with E-state index in [9.17, 15) is 4.79 Å². The van der Waals surface area contributed by atoms with Gasteiger partial charge in [0.1, 0.15) is 0 Å². The van der Waals surface area contributed by atoms with Crippen molar-refractivity contribution in [2.24, 2.45) is 0 Å². The summed E-state index contributed by atoms with van der Waals surface area (Å²) in [5.41, 5.74) is 0. The SMILES string of the molecule is O=C1CC=CCN2CCCCC12. The second-order valence-electron chi connectivity index (χ2n) is 3.65. The largest absolute Gasteiger partial charge is 0.298 e. The van der Waals surface area contributed by atoms with Crippen molar-refractivity contribution < 1.29 is 4.79 Å². The summed E-state index contributed by atoms with van der Waals surface area (Å²) in [6, 6.07) is 0.244. The van der Waals surface area contributed by atoms with Gasteiger partial charge in [0, 0.05) is 13.0 Å². The topological polar surface area (TPSA) is 20.3 Å². The third-order valence-corrected chi connectivity index (χ3v) is 2.81. The van der Waals surface area contributed by atoms with Crippen molar-refractivity contribution in [1.82, 2.24) is 4.90 Å². The summed E-state index contributed by atoms with van der Waals surface area (Å²) in [6.45, 7) is 2.09. The normalized spacial score (nSPS) is 31.3. The van der Waals surface area contributed by atoms with Gasteiger partial charge in [-0.1, -0.05) is 18.6 Å². The minimum atomic E-state index is 0.244. The lowest BCUT2D eigenvalue weighted by molar-refractivity contribution is -0.124. The first kappa shape index (κ1) is 7.99. The number of piperidine rings is 1. The predicted octanol–water partition coefficient (Wildman–Crippen LogP) is 1.37. The van der Waals surface area contributed by atoms with Gasteiger partial charge in [-0.2, -0.15) is 0 Å². The average molecular weight is 165 g/mol. The first-order chi connectivity index (χ1) is 5.88. The third kappa shape index (κ3) is 1.44. The van der Waals surface area contributed by atoms with E-state index < -0.39 is 0 Å². The van der Waals surface area contributed by atoms with E-state index in [0.29, 0.717) is 12.2 Å². The molecule has 0 radical (unpaired) electrons. The number of allylic oxidation sites excluding steroid dienone is 1. The molecule has 0 aromatic rings. The van der Waals surface area contributed by atoms with Crippen molar-refractivity contribution in [2.45, 2.75) is 31.7 Å². The van der Waals surface area contributed by atoms with Gasteiger partial charge >= 0.3 is 0 Å². The summed E-state index contributed by atoms with van der Waals surface area (Å²) in [5, 5.41) is 0. The van der Waals surface area contributed by atoms with Gasteiger partial charge < -0.3 is 0 Å². The van der Waals surface area contributed by atoms with Gasteiger partial charge in [-0.25, -0.2) is 0 Å². The van der Waals surface area contributed by atoms with E-state index in [4.69, 9.17) is 0 Å². The lowest BCUT2D eigenvalue weighted by Gasteiger charge is -2.32. The average Bonchev–Trinajstić information content (AvgIpc) is 2.29. The van der Waals surface area contributed by atoms with Crippen LogP contribution in [0.4, 0.5) is 0 Å². The Labute approximate surface area is 73.2 Å². The van der Waals surface area contributed by atoms with E-state index >= 15 is 0 Å². The number of hydrogen-bond acceptors (Lipinski definition) is 2. The van der Waals surface area contributed by atoms with Gasteiger partial charge in [0.2, 0.25) is 0 Å². The van der Waals surface area contributed by atoms with Gasteiger partial charge in [0.25, 0.3) is 0 Å². The summed E-state index contributed by atoms with van der Waals surface area (Å²) in [5.74, 6) is 0.420. The van der Waals surface area contributed by atoms with E-state index in [0.717, 1.165) is 19.5 Å². The number of rotatable bonds is 0. The number of hydrogen-bond donors (Lipinski definition) is 0. The Bertz CT molecular complexity index is 210. The molecule has 2 nitrogen and oxygen atoms in total. The minimum Gasteiger partial charge on any atom is -0.298 e. The number of fused-ring (bicyclic) bond motifs is 1. The van der Waals surface area contributed by atoms with Gasteiger partial charge in [0.15, 0.2) is 5.78 Å². The van der Waals surface area contributed by atoms with Crippen molar-refractivity contribution in [3.63, 3.8) is 0 Å². The Balaban J connectivity index is 2.11. The fourth-order valence-corrected chi connectivity index (χ4v) is 2.12. The molecular weight excluding hydrogens is 150 g/mol. The smallest absolute Gasteiger partial charge is 0.153 e. The maximum absolute atomic E-state index is 11.6. The van der Waals surface area contributed by atoms with E-state index in [1.165, 1.54) is 12.8 Å². The highest BCUT2D eigenvalue weighted by Crippen LogP contribution is 2.20. The number of carbonyl (C=O) groups excluding carboxylic acids is 1. The zero-order valence-corrected chi connectivity index (χ0v) is 7.33. The first-order valence-electron chi connectivity index (χ1n) is 4.80. The summed E-state index contributed by atoms with van der Waals surface area (Å²) in [7, 11) is 0. The van der Waals surface area contributed by atoms with Gasteiger partial charge in [-0.3, -0.25) is 9.69 Å². The summed E-state index contributed by atoms with van der Waals surface area (Å²) in [6.07, 6.45) is 8.37. The highest BCUT2D eigenvalue weighted by atomic mass is 16.1. The lowest BCUT2D eigenvalue weighted by atomic mass is 9.98. The molecule has 1 atom stereocenters. The van der Waals surface area contributed by atoms with Crippen LogP contribution < -0.4 is 0 Å². The number of Topliss-reactive ketones (excluding diaryl/α,β-unsaturated/α-hetero) is 1. The Morgan fingerprint density at radius 3 is 3.17 bits per heavy atom. The first-order valence-corrected chi connectivity index (χ1v) is 4.80. The molecule has 0 aromatic carbocycles. The van der Waals surface area contributed by atoms with Gasteiger partial charge in [-0.05, 0) is 19.4 Å². The van der Waals surface area contributed by atoms with Crippen molar-refractivity contribution >= 4 is 5.78 Å². The second kappa shape index (κ2) is 3.40. The molecule has 1 saturated heterocycles. The Morgan fingerprint density at radius 2 is 2.25 bits per heavy atom. The third-order valence-electron chi connectivity index (χ3n) is 2.81. The molecule has 0 N–H and O–H groups in total. The molecular formula is C10H15NO. The molecule has 0 saturated carbocycles. The quantitative estimate of drug-likeness (QED) is 0.505. The Hall–Kier alpha value is -0.630. The van der Waals surface area contributed by atoms with E-state index in [1.54, 1.807) is 0 Å². The minimum absolute atomic E-state index is 0.244. The number of ketones is 1. The van der Waals surface area contributed by atoms with E-state index in [2.05, 4.69) is 11.0 Å². The molecule has 0 aromatic heterocycles. The molecule has 0 bridgehead atoms. The van der Waals surface area contributed by atoms with E-state index in [-0.39, 0.29) is 6.04 Å². The molecule has 2 heteroatoms. The summed E-state index contributed by atoms with van der Waals surface area (Å²) >= 11 is 0. The molecule has 1 unspecified atom stereocenters. The van der Waals surface area contributed by atoms with Crippen LogP contribution >= 0.6 is 0 Å². The predicted molar refractivity (Wildman–Crippen MR) is 48.0 cm³/mol. The molecule has 2 rings (SSSR count). The zero-order chi connectivity index (χ0) is 8.39. The standard InChI is InChI=1S/C10H15NO/c12-10-6-2-4-8-11-7-3-1-5-9(10)11/h2,4,9H,1,3,5-8H2. The number of carbonyl (C=O) groups is 1. The maximum Gasteiger partial charge on any atom is 0.153 e. The number of nitrogens with zero attached hydrogens (tertiary/aromatic N) is 1. The molecule has 2 aliphatic rings.